The van der Waals surface area contributed by atoms with Crippen LogP contribution < -0.4 is 10.9 Å². The average Bonchev–Trinajstić information content (AvgIpc) is 2.01. The van der Waals surface area contributed by atoms with Crippen molar-refractivity contribution in [3.8, 4) is 0 Å². The zero-order valence-electron chi connectivity index (χ0n) is 7.65. The molecular weight excluding hydrogens is 136 g/mol. The number of allylic oxidation sites excluding steroid dienone is 2. The Bertz CT molecular complexity index is 136. The molecule has 0 bridgehead atoms. The molecule has 0 spiro atoms. The molecule has 2 heteroatoms. The highest BCUT2D eigenvalue weighted by molar-refractivity contribution is 5.19. The predicted molar refractivity (Wildman–Crippen MR) is 50.3 cm³/mol. The fourth-order valence-corrected chi connectivity index (χ4v) is 0.866. The third-order valence-corrected chi connectivity index (χ3v) is 1.32. The summed E-state index contributed by atoms with van der Waals surface area (Å²) in [7, 11) is 1.87. The smallest absolute Gasteiger partial charge is 0.0347 e. The zero-order chi connectivity index (χ0) is 8.53. The fourth-order valence-electron chi connectivity index (χ4n) is 0.866. The van der Waals surface area contributed by atoms with E-state index in [1.54, 1.807) is 0 Å². The van der Waals surface area contributed by atoms with Crippen LogP contribution in [0.3, 0.4) is 0 Å². The molecule has 0 aromatic rings. The highest BCUT2D eigenvalue weighted by Gasteiger charge is 1.87. The van der Waals surface area contributed by atoms with Crippen LogP contribution in [0, 0.1) is 0 Å². The quantitative estimate of drug-likeness (QED) is 0.464. The van der Waals surface area contributed by atoms with Gasteiger partial charge in [-0.15, -0.1) is 0 Å². The molecule has 0 heterocycles. The zero-order valence-corrected chi connectivity index (χ0v) is 7.65. The van der Waals surface area contributed by atoms with Gasteiger partial charge in [0.25, 0.3) is 0 Å². The standard InChI is InChI=1S/C9H18N2/c1-4-6-9(7-5-2)8-11-10-3/h4,6-7,10-11H,5,8H2,1-3H3/b6-4-,9-7+. The monoisotopic (exact) mass is 154 g/mol. The third-order valence-electron chi connectivity index (χ3n) is 1.32. The van der Waals surface area contributed by atoms with Crippen LogP contribution in [-0.4, -0.2) is 13.6 Å². The van der Waals surface area contributed by atoms with Crippen molar-refractivity contribution in [1.82, 2.24) is 10.9 Å². The molecule has 0 aromatic heterocycles. The maximum Gasteiger partial charge on any atom is 0.0347 e. The molecule has 2 nitrogen and oxygen atoms in total. The lowest BCUT2D eigenvalue weighted by atomic mass is 10.2. The molecular formula is C9H18N2. The first-order chi connectivity index (χ1) is 5.35. The number of rotatable bonds is 5. The minimum absolute atomic E-state index is 0.884. The molecule has 0 atom stereocenters. The van der Waals surface area contributed by atoms with E-state index in [0.29, 0.717) is 0 Å². The van der Waals surface area contributed by atoms with Crippen LogP contribution in [0.4, 0.5) is 0 Å². The normalized spacial score (nSPS) is 12.8. The van der Waals surface area contributed by atoms with E-state index >= 15 is 0 Å². The van der Waals surface area contributed by atoms with Gasteiger partial charge in [0.05, 0.1) is 0 Å². The number of hydrazine groups is 1. The first-order valence-electron chi connectivity index (χ1n) is 4.06. The average molecular weight is 154 g/mol. The Labute approximate surface area is 69.3 Å². The summed E-state index contributed by atoms with van der Waals surface area (Å²) in [5.41, 5.74) is 7.26. The van der Waals surface area contributed by atoms with Gasteiger partial charge < -0.3 is 0 Å². The lowest BCUT2D eigenvalue weighted by Crippen LogP contribution is -2.29. The Morgan fingerprint density at radius 2 is 2.18 bits per heavy atom. The van der Waals surface area contributed by atoms with Gasteiger partial charge in [-0.3, -0.25) is 10.9 Å². The van der Waals surface area contributed by atoms with Crippen molar-refractivity contribution in [3.63, 3.8) is 0 Å². The lowest BCUT2D eigenvalue weighted by Gasteiger charge is -2.02. The van der Waals surface area contributed by atoms with Gasteiger partial charge in [-0.2, -0.15) is 0 Å². The van der Waals surface area contributed by atoms with Gasteiger partial charge in [0, 0.05) is 6.54 Å². The van der Waals surface area contributed by atoms with Crippen LogP contribution in [0.25, 0.3) is 0 Å². The largest absolute Gasteiger partial charge is 0.261 e. The Balaban J connectivity index is 3.79. The molecule has 0 rings (SSSR count). The first kappa shape index (κ1) is 10.4. The van der Waals surface area contributed by atoms with Crippen molar-refractivity contribution in [3.05, 3.63) is 23.8 Å². The van der Waals surface area contributed by atoms with Crippen LogP contribution in [0.1, 0.15) is 20.3 Å². The third kappa shape index (κ3) is 5.83. The van der Waals surface area contributed by atoms with E-state index < -0.39 is 0 Å². The Morgan fingerprint density at radius 3 is 2.64 bits per heavy atom. The Morgan fingerprint density at radius 1 is 1.45 bits per heavy atom. The molecule has 0 aliphatic heterocycles. The minimum Gasteiger partial charge on any atom is -0.261 e. The van der Waals surface area contributed by atoms with Crippen molar-refractivity contribution >= 4 is 0 Å². The van der Waals surface area contributed by atoms with E-state index in [2.05, 4.69) is 36.0 Å². The lowest BCUT2D eigenvalue weighted by molar-refractivity contribution is 0.637. The molecule has 0 unspecified atom stereocenters. The summed E-state index contributed by atoms with van der Waals surface area (Å²) in [6.45, 7) is 5.06. The molecule has 0 aliphatic carbocycles. The van der Waals surface area contributed by atoms with Crippen LogP contribution >= 0.6 is 0 Å². The highest BCUT2D eigenvalue weighted by atomic mass is 15.3. The summed E-state index contributed by atoms with van der Waals surface area (Å²) in [4.78, 5) is 0. The number of nitrogens with one attached hydrogen (secondary N) is 2. The number of hydrogen-bond donors (Lipinski definition) is 2. The van der Waals surface area contributed by atoms with Crippen LogP contribution in [0.5, 0.6) is 0 Å². The number of hydrogen-bond acceptors (Lipinski definition) is 2. The molecule has 0 radical (unpaired) electrons. The van der Waals surface area contributed by atoms with Crippen molar-refractivity contribution in [1.29, 1.82) is 0 Å². The van der Waals surface area contributed by atoms with Crippen LogP contribution in [0.2, 0.25) is 0 Å². The minimum atomic E-state index is 0.884. The summed E-state index contributed by atoms with van der Waals surface area (Å²) >= 11 is 0. The van der Waals surface area contributed by atoms with Gasteiger partial charge >= 0.3 is 0 Å². The Kier molecular flexibility index (Phi) is 7.10. The summed E-state index contributed by atoms with van der Waals surface area (Å²) in [6.07, 6.45) is 7.47. The summed E-state index contributed by atoms with van der Waals surface area (Å²) in [5.74, 6) is 0. The maximum atomic E-state index is 3.05. The molecule has 2 N–H and O–H groups in total. The van der Waals surface area contributed by atoms with E-state index in [4.69, 9.17) is 0 Å². The molecule has 64 valence electrons. The van der Waals surface area contributed by atoms with Crippen molar-refractivity contribution in [2.24, 2.45) is 0 Å². The molecule has 0 saturated carbocycles. The van der Waals surface area contributed by atoms with E-state index in [1.165, 1.54) is 5.57 Å². The molecule has 11 heavy (non-hydrogen) atoms. The van der Waals surface area contributed by atoms with Gasteiger partial charge in [0.2, 0.25) is 0 Å². The fraction of sp³-hybridized carbons (Fsp3) is 0.556. The molecule has 0 fully saturated rings. The molecule has 0 saturated heterocycles. The van der Waals surface area contributed by atoms with E-state index in [0.717, 1.165) is 13.0 Å². The second-order valence-electron chi connectivity index (χ2n) is 2.29. The predicted octanol–water partition coefficient (Wildman–Crippen LogP) is 1.62. The second kappa shape index (κ2) is 7.51. The van der Waals surface area contributed by atoms with Gasteiger partial charge in [-0.1, -0.05) is 25.2 Å². The maximum absolute atomic E-state index is 3.05. The Hall–Kier alpha value is -0.600. The highest BCUT2D eigenvalue weighted by Crippen LogP contribution is 1.96. The summed E-state index contributed by atoms with van der Waals surface area (Å²) in [5, 5.41) is 0. The SMILES string of the molecule is C/C=C\C(=C/CC)CNNC. The second-order valence-corrected chi connectivity index (χ2v) is 2.29. The topological polar surface area (TPSA) is 24.1 Å². The van der Waals surface area contributed by atoms with Crippen molar-refractivity contribution in [2.75, 3.05) is 13.6 Å². The first-order valence-corrected chi connectivity index (χ1v) is 4.06. The van der Waals surface area contributed by atoms with E-state index in [1.807, 2.05) is 14.0 Å². The van der Waals surface area contributed by atoms with Gasteiger partial charge in [0.15, 0.2) is 0 Å². The molecule has 0 aliphatic rings. The van der Waals surface area contributed by atoms with Crippen LogP contribution in [-0.2, 0) is 0 Å². The van der Waals surface area contributed by atoms with Crippen molar-refractivity contribution in [2.45, 2.75) is 20.3 Å². The molecule has 0 amide bonds. The van der Waals surface area contributed by atoms with Gasteiger partial charge in [0.1, 0.15) is 0 Å². The molecule has 0 aromatic carbocycles. The van der Waals surface area contributed by atoms with Crippen LogP contribution in [0.15, 0.2) is 23.8 Å². The van der Waals surface area contributed by atoms with Crippen molar-refractivity contribution < 1.29 is 0 Å². The summed E-state index contributed by atoms with van der Waals surface area (Å²) in [6, 6.07) is 0. The van der Waals surface area contributed by atoms with Gasteiger partial charge in [-0.05, 0) is 26.0 Å². The van der Waals surface area contributed by atoms with E-state index in [-0.39, 0.29) is 0 Å². The van der Waals surface area contributed by atoms with E-state index in [9.17, 15) is 0 Å². The van der Waals surface area contributed by atoms with Gasteiger partial charge in [-0.25, -0.2) is 0 Å². The summed E-state index contributed by atoms with van der Waals surface area (Å²) < 4.78 is 0.